The number of ether oxygens (including phenoxy) is 2. The lowest BCUT2D eigenvalue weighted by molar-refractivity contribution is -0.122. The van der Waals surface area contributed by atoms with Crippen LogP contribution in [0.5, 0.6) is 11.5 Å². The molecule has 1 aliphatic rings. The van der Waals surface area contributed by atoms with Crippen LogP contribution < -0.4 is 9.47 Å². The van der Waals surface area contributed by atoms with Crippen molar-refractivity contribution in [1.29, 1.82) is 0 Å². The summed E-state index contributed by atoms with van der Waals surface area (Å²) in [5.41, 5.74) is 3.97. The summed E-state index contributed by atoms with van der Waals surface area (Å²) in [7, 11) is 1.62. The normalized spacial score (nSPS) is 15.6. The van der Waals surface area contributed by atoms with Crippen LogP contribution in [0.15, 0.2) is 94.8 Å². The molecule has 1 heterocycles. The second-order valence-corrected chi connectivity index (χ2v) is 9.74. The fourth-order valence-corrected chi connectivity index (χ4v) is 5.28. The number of likely N-dealkylation sites (N-methyl/N-ethyl adjacent to an activating group) is 1. The molecule has 0 spiro atoms. The Bertz CT molecular complexity index is 1500. The number of benzene rings is 4. The minimum Gasteiger partial charge on any atom is -0.493 e. The molecule has 1 aliphatic heterocycles. The van der Waals surface area contributed by atoms with E-state index in [-0.39, 0.29) is 5.91 Å². The highest BCUT2D eigenvalue weighted by Crippen LogP contribution is 2.36. The van der Waals surface area contributed by atoms with Crippen molar-refractivity contribution in [2.24, 2.45) is 4.99 Å². The highest BCUT2D eigenvalue weighted by molar-refractivity contribution is 8.18. The van der Waals surface area contributed by atoms with Crippen LogP contribution in [0.1, 0.15) is 23.6 Å². The Kier molecular flexibility index (Phi) is 7.28. The van der Waals surface area contributed by atoms with Gasteiger partial charge < -0.3 is 9.47 Å². The minimum atomic E-state index is -0.0476. The highest BCUT2D eigenvalue weighted by Gasteiger charge is 2.32. The number of thioether (sulfide) groups is 1. The number of carbonyl (C=O) groups is 1. The van der Waals surface area contributed by atoms with Gasteiger partial charge in [0, 0.05) is 6.54 Å². The van der Waals surface area contributed by atoms with Crippen molar-refractivity contribution in [3.05, 3.63) is 107 Å². The molecular weight excluding hydrogens is 480 g/mol. The molecule has 0 aromatic heterocycles. The topological polar surface area (TPSA) is 51.1 Å². The molecule has 4 aromatic rings. The van der Waals surface area contributed by atoms with Crippen LogP contribution in [-0.4, -0.2) is 29.6 Å². The van der Waals surface area contributed by atoms with E-state index < -0.39 is 0 Å². The lowest BCUT2D eigenvalue weighted by Crippen LogP contribution is -2.28. The number of aliphatic imine (C=N–C) groups is 1. The first-order valence-electron chi connectivity index (χ1n) is 12.2. The molecule has 186 valence electrons. The second kappa shape index (κ2) is 10.9. The van der Waals surface area contributed by atoms with E-state index in [2.05, 4.69) is 24.3 Å². The van der Waals surface area contributed by atoms with Gasteiger partial charge >= 0.3 is 0 Å². The molecule has 6 heteroatoms. The molecule has 5 rings (SSSR count). The average molecular weight is 509 g/mol. The molecule has 0 atom stereocenters. The molecule has 37 heavy (non-hydrogen) atoms. The lowest BCUT2D eigenvalue weighted by Gasteiger charge is -2.13. The van der Waals surface area contributed by atoms with Gasteiger partial charge in [-0.05, 0) is 77.9 Å². The minimum absolute atomic E-state index is 0.0476. The number of rotatable bonds is 7. The van der Waals surface area contributed by atoms with Crippen molar-refractivity contribution in [1.82, 2.24) is 4.90 Å². The number of amidine groups is 1. The summed E-state index contributed by atoms with van der Waals surface area (Å²) >= 11 is 1.39. The lowest BCUT2D eigenvalue weighted by atomic mass is 10.1. The number of amides is 1. The molecule has 0 bridgehead atoms. The number of hydrogen-bond donors (Lipinski definition) is 0. The van der Waals surface area contributed by atoms with Crippen molar-refractivity contribution >= 4 is 45.4 Å². The van der Waals surface area contributed by atoms with Gasteiger partial charge in [-0.25, -0.2) is 4.99 Å². The largest absolute Gasteiger partial charge is 0.493 e. The van der Waals surface area contributed by atoms with E-state index in [0.29, 0.717) is 34.7 Å². The van der Waals surface area contributed by atoms with Gasteiger partial charge in [0.15, 0.2) is 16.7 Å². The first kappa shape index (κ1) is 24.7. The zero-order valence-electron chi connectivity index (χ0n) is 21.1. The molecule has 0 unspecified atom stereocenters. The molecule has 1 saturated heterocycles. The van der Waals surface area contributed by atoms with Crippen LogP contribution in [0.3, 0.4) is 0 Å². The van der Waals surface area contributed by atoms with Gasteiger partial charge in [-0.2, -0.15) is 0 Å². The quantitative estimate of drug-likeness (QED) is 0.245. The van der Waals surface area contributed by atoms with E-state index in [9.17, 15) is 4.79 Å². The zero-order valence-corrected chi connectivity index (χ0v) is 21.9. The smallest absolute Gasteiger partial charge is 0.266 e. The number of nitrogens with zero attached hydrogens (tertiary/aromatic N) is 2. The van der Waals surface area contributed by atoms with Crippen LogP contribution in [0.25, 0.3) is 16.8 Å². The number of hydrogen-bond acceptors (Lipinski definition) is 5. The molecule has 0 aliphatic carbocycles. The average Bonchev–Trinajstić information content (AvgIpc) is 3.22. The summed E-state index contributed by atoms with van der Waals surface area (Å²) in [4.78, 5) is 20.1. The fourth-order valence-electron chi connectivity index (χ4n) is 4.22. The summed E-state index contributed by atoms with van der Waals surface area (Å²) in [6, 6.07) is 28.2. The first-order valence-corrected chi connectivity index (χ1v) is 13.0. The van der Waals surface area contributed by atoms with Gasteiger partial charge in [-0.1, -0.05) is 66.2 Å². The molecule has 1 amide bonds. The van der Waals surface area contributed by atoms with Gasteiger partial charge in [0.05, 0.1) is 17.7 Å². The molecule has 0 N–H and O–H groups in total. The van der Waals surface area contributed by atoms with Crippen LogP contribution >= 0.6 is 11.8 Å². The first-order chi connectivity index (χ1) is 18.1. The predicted octanol–water partition coefficient (Wildman–Crippen LogP) is 7.36. The Morgan fingerprint density at radius 2 is 1.73 bits per heavy atom. The van der Waals surface area contributed by atoms with E-state index in [1.54, 1.807) is 12.0 Å². The summed E-state index contributed by atoms with van der Waals surface area (Å²) in [5.74, 6) is 1.22. The maximum Gasteiger partial charge on any atom is 0.266 e. The summed E-state index contributed by atoms with van der Waals surface area (Å²) in [5, 5.41) is 3.04. The third kappa shape index (κ3) is 5.39. The van der Waals surface area contributed by atoms with Crippen molar-refractivity contribution in [2.45, 2.75) is 20.5 Å². The molecule has 0 radical (unpaired) electrons. The summed E-state index contributed by atoms with van der Waals surface area (Å²) < 4.78 is 11.8. The number of aryl methyl sites for hydroxylation is 1. The molecule has 4 aromatic carbocycles. The van der Waals surface area contributed by atoms with E-state index in [0.717, 1.165) is 16.8 Å². The van der Waals surface area contributed by atoms with Crippen molar-refractivity contribution < 1.29 is 14.3 Å². The van der Waals surface area contributed by atoms with Crippen LogP contribution in [-0.2, 0) is 11.4 Å². The van der Waals surface area contributed by atoms with Crippen LogP contribution in [0.2, 0.25) is 0 Å². The Morgan fingerprint density at radius 1 is 0.946 bits per heavy atom. The zero-order chi connectivity index (χ0) is 25.8. The van der Waals surface area contributed by atoms with Crippen molar-refractivity contribution in [2.75, 3.05) is 13.7 Å². The van der Waals surface area contributed by atoms with E-state index in [4.69, 9.17) is 14.5 Å². The molecular formula is C31H28N2O3S. The Hall–Kier alpha value is -4.03. The van der Waals surface area contributed by atoms with E-state index in [1.165, 1.54) is 28.1 Å². The monoisotopic (exact) mass is 508 g/mol. The summed E-state index contributed by atoms with van der Waals surface area (Å²) in [6.45, 7) is 4.98. The van der Waals surface area contributed by atoms with Crippen LogP contribution in [0, 0.1) is 6.92 Å². The summed E-state index contributed by atoms with van der Waals surface area (Å²) in [6.07, 6.45) is 1.88. The number of fused-ring (bicyclic) bond motifs is 1. The standard InChI is InChI=1S/C31H28N2O3S/c1-4-33-30(34)29(37-31(33)32-25-15-12-21(2)13-16-25)19-22-14-17-27(28(18-22)35-3)36-20-24-10-7-9-23-8-5-6-11-26(23)24/h5-19H,4,20H2,1-3H3/b29-19+,32-31?. The fraction of sp³-hybridized carbons (Fsp3) is 0.161. The van der Waals surface area contributed by atoms with Gasteiger partial charge in [-0.15, -0.1) is 0 Å². The third-order valence-corrected chi connectivity index (χ3v) is 7.22. The Morgan fingerprint density at radius 3 is 2.51 bits per heavy atom. The Labute approximate surface area is 221 Å². The maximum atomic E-state index is 13.1. The number of methoxy groups -OCH3 is 1. The molecule has 0 saturated carbocycles. The van der Waals surface area contributed by atoms with E-state index in [1.807, 2.05) is 80.6 Å². The molecule has 1 fully saturated rings. The van der Waals surface area contributed by atoms with Gasteiger partial charge in [0.25, 0.3) is 5.91 Å². The van der Waals surface area contributed by atoms with Gasteiger partial charge in [-0.3, -0.25) is 9.69 Å². The SMILES string of the molecule is CCN1C(=O)/C(=C\c2ccc(OCc3cccc4ccccc34)c(OC)c2)SC1=Nc1ccc(C)cc1. The number of carbonyl (C=O) groups excluding carboxylic acids is 1. The maximum absolute atomic E-state index is 13.1. The Balaban J connectivity index is 1.36. The van der Waals surface area contributed by atoms with E-state index >= 15 is 0 Å². The third-order valence-electron chi connectivity index (χ3n) is 6.21. The predicted molar refractivity (Wildman–Crippen MR) is 153 cm³/mol. The van der Waals surface area contributed by atoms with Crippen molar-refractivity contribution in [3.8, 4) is 11.5 Å². The highest BCUT2D eigenvalue weighted by atomic mass is 32.2. The van der Waals surface area contributed by atoms with Gasteiger partial charge in [0.2, 0.25) is 0 Å². The van der Waals surface area contributed by atoms with Crippen molar-refractivity contribution in [3.63, 3.8) is 0 Å². The van der Waals surface area contributed by atoms with Gasteiger partial charge in [0.1, 0.15) is 6.61 Å². The second-order valence-electron chi connectivity index (χ2n) is 8.73. The van der Waals surface area contributed by atoms with Crippen LogP contribution in [0.4, 0.5) is 5.69 Å². The molecule has 5 nitrogen and oxygen atoms in total.